The number of imidazole rings is 1. The van der Waals surface area contributed by atoms with E-state index in [1.54, 1.807) is 24.6 Å². The van der Waals surface area contributed by atoms with Crippen LogP contribution in [0, 0.1) is 6.92 Å². The first-order valence-electron chi connectivity index (χ1n) is 5.04. The van der Waals surface area contributed by atoms with Gasteiger partial charge in [-0.3, -0.25) is 0 Å². The van der Waals surface area contributed by atoms with Crippen molar-refractivity contribution >= 4 is 17.6 Å². The number of carboxylic acids is 1. The van der Waals surface area contributed by atoms with Gasteiger partial charge < -0.3 is 9.67 Å². The first-order valence-corrected chi connectivity index (χ1v) is 5.41. The number of benzene rings is 1. The molecule has 2 aromatic rings. The van der Waals surface area contributed by atoms with E-state index in [1.807, 2.05) is 18.2 Å². The second kappa shape index (κ2) is 4.22. The van der Waals surface area contributed by atoms with Gasteiger partial charge in [-0.05, 0) is 19.1 Å². The number of halogens is 1. The summed E-state index contributed by atoms with van der Waals surface area (Å²) in [6.07, 6.45) is 0. The predicted molar refractivity (Wildman–Crippen MR) is 65.4 cm³/mol. The molecule has 0 saturated heterocycles. The fourth-order valence-corrected chi connectivity index (χ4v) is 1.89. The third-order valence-electron chi connectivity index (χ3n) is 2.70. The van der Waals surface area contributed by atoms with E-state index in [-0.39, 0.29) is 5.69 Å². The number of rotatable bonds is 2. The van der Waals surface area contributed by atoms with Gasteiger partial charge in [0.15, 0.2) is 5.69 Å². The molecule has 1 N–H and O–H groups in total. The van der Waals surface area contributed by atoms with Gasteiger partial charge in [0.05, 0.1) is 5.02 Å². The third kappa shape index (κ3) is 1.91. The van der Waals surface area contributed by atoms with Crippen molar-refractivity contribution in [1.29, 1.82) is 0 Å². The molecule has 0 bridgehead atoms. The van der Waals surface area contributed by atoms with Crippen molar-refractivity contribution in [2.75, 3.05) is 0 Å². The molecule has 0 spiro atoms. The van der Waals surface area contributed by atoms with Gasteiger partial charge in [-0.1, -0.05) is 23.7 Å². The van der Waals surface area contributed by atoms with Gasteiger partial charge in [0.25, 0.3) is 0 Å². The van der Waals surface area contributed by atoms with E-state index in [4.69, 9.17) is 16.7 Å². The molecule has 0 atom stereocenters. The highest BCUT2D eigenvalue weighted by Gasteiger charge is 2.18. The van der Waals surface area contributed by atoms with E-state index in [9.17, 15) is 4.79 Å². The van der Waals surface area contributed by atoms with Crippen LogP contribution < -0.4 is 0 Å². The Morgan fingerprint density at radius 1 is 1.41 bits per heavy atom. The Bertz CT molecular complexity index is 590. The van der Waals surface area contributed by atoms with Gasteiger partial charge in [-0.2, -0.15) is 0 Å². The minimum Gasteiger partial charge on any atom is -0.476 e. The van der Waals surface area contributed by atoms with Gasteiger partial charge in [-0.25, -0.2) is 9.78 Å². The van der Waals surface area contributed by atoms with Crippen LogP contribution >= 0.6 is 11.6 Å². The maximum Gasteiger partial charge on any atom is 0.356 e. The lowest BCUT2D eigenvalue weighted by molar-refractivity contribution is 0.0690. The quantitative estimate of drug-likeness (QED) is 0.892. The summed E-state index contributed by atoms with van der Waals surface area (Å²) in [5.74, 6) is -0.470. The Kier molecular flexibility index (Phi) is 2.90. The molecular weight excluding hydrogens is 240 g/mol. The van der Waals surface area contributed by atoms with Crippen LogP contribution in [0.25, 0.3) is 11.4 Å². The average Bonchev–Trinajstić information content (AvgIpc) is 2.57. The summed E-state index contributed by atoms with van der Waals surface area (Å²) < 4.78 is 1.73. The molecule has 1 aromatic carbocycles. The van der Waals surface area contributed by atoms with Crippen LogP contribution in [0.3, 0.4) is 0 Å². The number of aromatic carboxylic acids is 1. The smallest absolute Gasteiger partial charge is 0.356 e. The van der Waals surface area contributed by atoms with Crippen LogP contribution in [0.1, 0.15) is 16.2 Å². The Balaban J connectivity index is 2.66. The minimum atomic E-state index is -1.03. The lowest BCUT2D eigenvalue weighted by Gasteiger charge is -2.04. The first kappa shape index (κ1) is 11.7. The molecule has 0 radical (unpaired) electrons. The van der Waals surface area contributed by atoms with Gasteiger partial charge in [0.1, 0.15) is 5.82 Å². The van der Waals surface area contributed by atoms with Crippen molar-refractivity contribution < 1.29 is 9.90 Å². The summed E-state index contributed by atoms with van der Waals surface area (Å²) in [7, 11) is 1.77. The molecule has 17 heavy (non-hydrogen) atoms. The van der Waals surface area contributed by atoms with E-state index >= 15 is 0 Å². The Morgan fingerprint density at radius 2 is 2.06 bits per heavy atom. The largest absolute Gasteiger partial charge is 0.476 e. The van der Waals surface area contributed by atoms with Gasteiger partial charge >= 0.3 is 5.97 Å². The van der Waals surface area contributed by atoms with Crippen molar-refractivity contribution in [3.63, 3.8) is 0 Å². The molecular formula is C12H11ClN2O2. The van der Waals surface area contributed by atoms with Crippen LogP contribution in [0.4, 0.5) is 0 Å². The normalized spacial score (nSPS) is 10.5. The maximum absolute atomic E-state index is 11.0. The molecule has 1 heterocycles. The fraction of sp³-hybridized carbons (Fsp3) is 0.167. The number of carbonyl (C=O) groups is 1. The Labute approximate surface area is 103 Å². The second-order valence-electron chi connectivity index (χ2n) is 3.71. The fourth-order valence-electron chi connectivity index (χ4n) is 1.67. The van der Waals surface area contributed by atoms with E-state index in [0.717, 1.165) is 5.56 Å². The highest BCUT2D eigenvalue weighted by atomic mass is 35.5. The summed E-state index contributed by atoms with van der Waals surface area (Å²) in [5, 5.41) is 9.56. The molecule has 0 unspecified atom stereocenters. The average molecular weight is 251 g/mol. The lowest BCUT2D eigenvalue weighted by atomic mass is 10.2. The zero-order chi connectivity index (χ0) is 12.6. The SMILES string of the molecule is Cc1c(C(=O)O)nc(-c2ccccc2Cl)n1C. The molecule has 0 amide bonds. The highest BCUT2D eigenvalue weighted by Crippen LogP contribution is 2.27. The number of hydrogen-bond donors (Lipinski definition) is 1. The molecule has 2 rings (SSSR count). The standard InChI is InChI=1S/C12H11ClN2O2/c1-7-10(12(16)17)14-11(15(7)2)8-5-3-4-6-9(8)13/h3-6H,1-2H3,(H,16,17). The second-order valence-corrected chi connectivity index (χ2v) is 4.12. The Hall–Kier alpha value is -1.81. The van der Waals surface area contributed by atoms with Crippen molar-refractivity contribution in [2.45, 2.75) is 6.92 Å². The monoisotopic (exact) mass is 250 g/mol. The molecule has 5 heteroatoms. The van der Waals surface area contributed by atoms with E-state index in [0.29, 0.717) is 16.5 Å². The first-order chi connectivity index (χ1) is 8.02. The van der Waals surface area contributed by atoms with Gasteiger partial charge in [0, 0.05) is 18.3 Å². The number of nitrogens with zero attached hydrogens (tertiary/aromatic N) is 2. The molecule has 4 nitrogen and oxygen atoms in total. The molecule has 88 valence electrons. The van der Waals surface area contributed by atoms with Crippen LogP contribution in [0.15, 0.2) is 24.3 Å². The zero-order valence-electron chi connectivity index (χ0n) is 9.44. The zero-order valence-corrected chi connectivity index (χ0v) is 10.2. The summed E-state index contributed by atoms with van der Waals surface area (Å²) in [5.41, 5.74) is 1.39. The van der Waals surface area contributed by atoms with Crippen LogP contribution in [-0.4, -0.2) is 20.6 Å². The number of carboxylic acid groups (broad SMARTS) is 1. The summed E-state index contributed by atoms with van der Waals surface area (Å²) >= 11 is 6.07. The van der Waals surface area contributed by atoms with Crippen molar-refractivity contribution in [1.82, 2.24) is 9.55 Å². The molecule has 0 saturated carbocycles. The lowest BCUT2D eigenvalue weighted by Crippen LogP contribution is -2.00. The Morgan fingerprint density at radius 3 is 2.59 bits per heavy atom. The number of hydrogen-bond acceptors (Lipinski definition) is 2. The molecule has 0 aliphatic heterocycles. The van der Waals surface area contributed by atoms with Crippen LogP contribution in [-0.2, 0) is 7.05 Å². The van der Waals surface area contributed by atoms with E-state index in [2.05, 4.69) is 4.98 Å². The van der Waals surface area contributed by atoms with Gasteiger partial charge in [-0.15, -0.1) is 0 Å². The highest BCUT2D eigenvalue weighted by molar-refractivity contribution is 6.33. The molecule has 0 fully saturated rings. The molecule has 0 aliphatic carbocycles. The van der Waals surface area contributed by atoms with Crippen molar-refractivity contribution in [3.8, 4) is 11.4 Å². The molecule has 1 aromatic heterocycles. The summed E-state index contributed by atoms with van der Waals surface area (Å²) in [6.45, 7) is 1.72. The summed E-state index contributed by atoms with van der Waals surface area (Å²) in [4.78, 5) is 15.1. The third-order valence-corrected chi connectivity index (χ3v) is 3.03. The van der Waals surface area contributed by atoms with Crippen LogP contribution in [0.5, 0.6) is 0 Å². The van der Waals surface area contributed by atoms with E-state index in [1.165, 1.54) is 0 Å². The van der Waals surface area contributed by atoms with Crippen molar-refractivity contribution in [2.24, 2.45) is 7.05 Å². The predicted octanol–water partition coefficient (Wildman–Crippen LogP) is 2.75. The van der Waals surface area contributed by atoms with Gasteiger partial charge in [0.2, 0.25) is 0 Å². The number of aromatic nitrogens is 2. The van der Waals surface area contributed by atoms with E-state index < -0.39 is 5.97 Å². The summed E-state index contributed by atoms with van der Waals surface area (Å²) in [6, 6.07) is 7.22. The van der Waals surface area contributed by atoms with Crippen LogP contribution in [0.2, 0.25) is 5.02 Å². The minimum absolute atomic E-state index is 0.0578. The molecule has 0 aliphatic rings. The van der Waals surface area contributed by atoms with Crippen molar-refractivity contribution in [3.05, 3.63) is 40.7 Å². The maximum atomic E-state index is 11.0. The topological polar surface area (TPSA) is 55.1 Å².